The normalized spacial score (nSPS) is 14.9. The first-order chi connectivity index (χ1) is 9.79. The molecule has 0 radical (unpaired) electrons. The Bertz CT molecular complexity index is 414. The fourth-order valence-electron chi connectivity index (χ4n) is 2.03. The number of carbonyl (C=O) groups excluding carboxylic acids is 1. The van der Waals surface area contributed by atoms with Gasteiger partial charge in [-0.25, -0.2) is 9.86 Å². The maximum Gasteiger partial charge on any atom is 0.341 e. The second-order valence-electron chi connectivity index (χ2n) is 4.92. The average molecular weight is 277 g/mol. The van der Waals surface area contributed by atoms with Crippen molar-refractivity contribution in [2.24, 2.45) is 0 Å². The topological polar surface area (TPSA) is 53.6 Å². The van der Waals surface area contributed by atoms with Gasteiger partial charge in [0.25, 0.3) is 0 Å². The van der Waals surface area contributed by atoms with Gasteiger partial charge in [-0.05, 0) is 37.0 Å². The van der Waals surface area contributed by atoms with Gasteiger partial charge < -0.3 is 10.6 Å². The van der Waals surface area contributed by atoms with E-state index in [1.165, 1.54) is 5.06 Å². The fraction of sp³-hybridized carbons (Fsp3) is 0.533. The number of benzene rings is 1. The molecule has 1 aromatic carbocycles. The first-order valence-electron chi connectivity index (χ1n) is 7.30. The van der Waals surface area contributed by atoms with Gasteiger partial charge in [0.2, 0.25) is 0 Å². The molecule has 0 aliphatic carbocycles. The second-order valence-corrected chi connectivity index (χ2v) is 4.92. The van der Waals surface area contributed by atoms with E-state index in [1.807, 2.05) is 24.3 Å². The SMILES string of the molecule is CCCNc1ccc(CNC(=O)N2CCCCO2)cc1. The third kappa shape index (κ3) is 4.42. The number of amides is 2. The largest absolute Gasteiger partial charge is 0.385 e. The summed E-state index contributed by atoms with van der Waals surface area (Å²) in [4.78, 5) is 17.2. The summed E-state index contributed by atoms with van der Waals surface area (Å²) < 4.78 is 0. The van der Waals surface area contributed by atoms with Crippen molar-refractivity contribution in [2.75, 3.05) is 25.0 Å². The minimum Gasteiger partial charge on any atom is -0.385 e. The highest BCUT2D eigenvalue weighted by molar-refractivity contribution is 5.73. The van der Waals surface area contributed by atoms with Crippen LogP contribution in [0.4, 0.5) is 10.5 Å². The molecule has 2 rings (SSSR count). The van der Waals surface area contributed by atoms with Gasteiger partial charge in [0.15, 0.2) is 0 Å². The minimum atomic E-state index is -0.155. The van der Waals surface area contributed by atoms with Crippen LogP contribution in [0, 0.1) is 0 Å². The maximum absolute atomic E-state index is 11.9. The zero-order valence-electron chi connectivity index (χ0n) is 12.0. The van der Waals surface area contributed by atoms with Gasteiger partial charge in [-0.2, -0.15) is 0 Å². The lowest BCUT2D eigenvalue weighted by Gasteiger charge is -2.25. The van der Waals surface area contributed by atoms with Crippen LogP contribution in [0.5, 0.6) is 0 Å². The molecule has 1 aliphatic rings. The third-order valence-corrected chi connectivity index (χ3v) is 3.21. The quantitative estimate of drug-likeness (QED) is 0.870. The van der Waals surface area contributed by atoms with E-state index >= 15 is 0 Å². The van der Waals surface area contributed by atoms with Gasteiger partial charge in [-0.15, -0.1) is 0 Å². The molecule has 110 valence electrons. The van der Waals surface area contributed by atoms with Gasteiger partial charge in [0.05, 0.1) is 13.2 Å². The number of nitrogens with one attached hydrogen (secondary N) is 2. The Morgan fingerprint density at radius 1 is 1.30 bits per heavy atom. The number of carbonyl (C=O) groups is 1. The smallest absolute Gasteiger partial charge is 0.341 e. The molecule has 20 heavy (non-hydrogen) atoms. The van der Waals surface area contributed by atoms with Crippen LogP contribution in [0.2, 0.25) is 0 Å². The first-order valence-corrected chi connectivity index (χ1v) is 7.30. The van der Waals surface area contributed by atoms with E-state index in [0.29, 0.717) is 19.7 Å². The molecule has 0 aromatic heterocycles. The van der Waals surface area contributed by atoms with Gasteiger partial charge >= 0.3 is 6.03 Å². The van der Waals surface area contributed by atoms with Crippen molar-refractivity contribution in [3.63, 3.8) is 0 Å². The van der Waals surface area contributed by atoms with Crippen LogP contribution in [0.15, 0.2) is 24.3 Å². The number of rotatable bonds is 5. The molecule has 0 saturated carbocycles. The molecule has 1 fully saturated rings. The molecule has 0 spiro atoms. The van der Waals surface area contributed by atoms with Crippen LogP contribution >= 0.6 is 0 Å². The Hall–Kier alpha value is -1.75. The van der Waals surface area contributed by atoms with Crippen LogP contribution in [-0.2, 0) is 11.4 Å². The van der Waals surface area contributed by atoms with Crippen LogP contribution in [0.25, 0.3) is 0 Å². The summed E-state index contributed by atoms with van der Waals surface area (Å²) >= 11 is 0. The summed E-state index contributed by atoms with van der Waals surface area (Å²) in [6.45, 7) is 4.94. The molecule has 1 heterocycles. The molecule has 1 aliphatic heterocycles. The second kappa shape index (κ2) is 7.75. The van der Waals surface area contributed by atoms with Crippen molar-refractivity contribution in [1.82, 2.24) is 10.4 Å². The number of hydrogen-bond acceptors (Lipinski definition) is 3. The van der Waals surface area contributed by atoms with Gasteiger partial charge in [-0.3, -0.25) is 4.84 Å². The Kier molecular flexibility index (Phi) is 5.68. The number of hydroxylamine groups is 2. The number of urea groups is 1. The van der Waals surface area contributed by atoms with Gasteiger partial charge in [-0.1, -0.05) is 19.1 Å². The summed E-state index contributed by atoms with van der Waals surface area (Å²) in [5.74, 6) is 0. The third-order valence-electron chi connectivity index (χ3n) is 3.21. The lowest BCUT2D eigenvalue weighted by Crippen LogP contribution is -2.42. The van der Waals surface area contributed by atoms with E-state index in [9.17, 15) is 4.79 Å². The molecule has 0 atom stereocenters. The molecular formula is C15H23N3O2. The molecular weight excluding hydrogens is 254 g/mol. The molecule has 2 amide bonds. The summed E-state index contributed by atoms with van der Waals surface area (Å²) in [5.41, 5.74) is 2.19. The summed E-state index contributed by atoms with van der Waals surface area (Å²) in [6.07, 6.45) is 3.13. The standard InChI is InChI=1S/C15H23N3O2/c1-2-9-16-14-7-5-13(6-8-14)12-17-15(19)18-10-3-4-11-20-18/h5-8,16H,2-4,9-12H2,1H3,(H,17,19). The summed E-state index contributed by atoms with van der Waals surface area (Å²) in [5, 5.41) is 7.61. The highest BCUT2D eigenvalue weighted by atomic mass is 16.7. The monoisotopic (exact) mass is 277 g/mol. The highest BCUT2D eigenvalue weighted by Gasteiger charge is 2.16. The average Bonchev–Trinajstić information content (AvgIpc) is 2.52. The van der Waals surface area contributed by atoms with Crippen molar-refractivity contribution in [1.29, 1.82) is 0 Å². The molecule has 1 aromatic rings. The van der Waals surface area contributed by atoms with Crippen molar-refractivity contribution in [3.05, 3.63) is 29.8 Å². The van der Waals surface area contributed by atoms with E-state index < -0.39 is 0 Å². The van der Waals surface area contributed by atoms with Crippen molar-refractivity contribution < 1.29 is 9.63 Å². The Balaban J connectivity index is 1.76. The van der Waals surface area contributed by atoms with Crippen molar-refractivity contribution in [2.45, 2.75) is 32.7 Å². The number of anilines is 1. The highest BCUT2D eigenvalue weighted by Crippen LogP contribution is 2.10. The van der Waals surface area contributed by atoms with Crippen LogP contribution in [0.3, 0.4) is 0 Å². The maximum atomic E-state index is 11.9. The fourth-order valence-corrected chi connectivity index (χ4v) is 2.03. The molecule has 5 heteroatoms. The first kappa shape index (κ1) is 14.7. The Morgan fingerprint density at radius 3 is 2.75 bits per heavy atom. The van der Waals surface area contributed by atoms with E-state index in [0.717, 1.165) is 37.1 Å². The van der Waals surface area contributed by atoms with Gasteiger partial charge in [0, 0.05) is 18.8 Å². The van der Waals surface area contributed by atoms with Crippen LogP contribution in [-0.4, -0.2) is 30.8 Å². The van der Waals surface area contributed by atoms with E-state index in [1.54, 1.807) is 0 Å². The molecule has 1 saturated heterocycles. The zero-order valence-corrected chi connectivity index (χ0v) is 12.0. The van der Waals surface area contributed by atoms with E-state index in [-0.39, 0.29) is 6.03 Å². The van der Waals surface area contributed by atoms with Crippen molar-refractivity contribution in [3.8, 4) is 0 Å². The molecule has 5 nitrogen and oxygen atoms in total. The summed E-state index contributed by atoms with van der Waals surface area (Å²) in [7, 11) is 0. The Morgan fingerprint density at radius 2 is 2.10 bits per heavy atom. The molecule has 0 unspecified atom stereocenters. The van der Waals surface area contributed by atoms with Gasteiger partial charge in [0.1, 0.15) is 0 Å². The minimum absolute atomic E-state index is 0.155. The summed E-state index contributed by atoms with van der Waals surface area (Å²) in [6, 6.07) is 7.96. The van der Waals surface area contributed by atoms with Crippen LogP contribution in [0.1, 0.15) is 31.7 Å². The molecule has 2 N–H and O–H groups in total. The van der Waals surface area contributed by atoms with E-state index in [4.69, 9.17) is 4.84 Å². The number of hydrogen-bond donors (Lipinski definition) is 2. The van der Waals surface area contributed by atoms with E-state index in [2.05, 4.69) is 17.6 Å². The van der Waals surface area contributed by atoms with Crippen molar-refractivity contribution >= 4 is 11.7 Å². The lowest BCUT2D eigenvalue weighted by atomic mass is 10.2. The Labute approximate surface area is 120 Å². The predicted octanol–water partition coefficient (Wildman–Crippen LogP) is 2.75. The lowest BCUT2D eigenvalue weighted by molar-refractivity contribution is -0.139. The number of nitrogens with zero attached hydrogens (tertiary/aromatic N) is 1. The van der Waals surface area contributed by atoms with Crippen LogP contribution < -0.4 is 10.6 Å². The zero-order chi connectivity index (χ0) is 14.2. The predicted molar refractivity (Wildman–Crippen MR) is 79.4 cm³/mol. The molecule has 0 bridgehead atoms.